The van der Waals surface area contributed by atoms with Gasteiger partial charge in [-0.3, -0.25) is 14.1 Å². The number of amides is 1. The number of ketones is 1. The Kier molecular flexibility index (Phi) is 4.35. The Morgan fingerprint density at radius 3 is 2.68 bits per heavy atom. The number of carbonyl (C=O) groups excluding carboxylic acids is 2. The second kappa shape index (κ2) is 7.44. The van der Waals surface area contributed by atoms with Gasteiger partial charge in [0.15, 0.2) is 16.6 Å². The molecule has 4 N–H and O–H groups in total. The predicted octanol–water partition coefficient (Wildman–Crippen LogP) is -0.0819. The van der Waals surface area contributed by atoms with E-state index >= 15 is 0 Å². The molecular weight excluding hydrogens is 416 g/mol. The summed E-state index contributed by atoms with van der Waals surface area (Å²) in [5, 5.41) is 13.9. The first kappa shape index (κ1) is 16.4. The van der Waals surface area contributed by atoms with Crippen molar-refractivity contribution < 1.29 is 42.8 Å². The Morgan fingerprint density at radius 1 is 1.57 bits per heavy atom. The topological polar surface area (TPSA) is 190 Å². The molecule has 12 nitrogen and oxygen atoms in total. The molecule has 1 aliphatic heterocycles. The third-order valence-electron chi connectivity index (χ3n) is 3.58. The lowest BCUT2D eigenvalue weighted by atomic mass is 9.86. The van der Waals surface area contributed by atoms with Crippen molar-refractivity contribution in [2.24, 2.45) is 11.1 Å². The molecule has 14 heteroatoms. The van der Waals surface area contributed by atoms with Crippen LogP contribution in [-0.4, -0.2) is 62.4 Å². The third-order valence-corrected chi connectivity index (χ3v) is 5.09. The van der Waals surface area contributed by atoms with Crippen LogP contribution >= 0.6 is 11.3 Å². The van der Waals surface area contributed by atoms with Gasteiger partial charge in [-0.05, 0) is 20.7 Å². The molecule has 2 rings (SSSR count). The van der Waals surface area contributed by atoms with E-state index in [-0.39, 0.29) is 10.8 Å². The zero-order chi connectivity index (χ0) is 24.9. The quantitative estimate of drug-likeness (QED) is 0.214. The number of carboxylic acids is 1. The van der Waals surface area contributed by atoms with Crippen LogP contribution in [0.3, 0.4) is 0 Å². The van der Waals surface area contributed by atoms with Gasteiger partial charge in [0.1, 0.15) is 5.69 Å². The number of aliphatic carboxylic acids is 1. The van der Waals surface area contributed by atoms with E-state index < -0.39 is 68.8 Å². The van der Waals surface area contributed by atoms with Crippen molar-refractivity contribution in [3.63, 3.8) is 0 Å². The Hall–Kier alpha value is -2.58. The Morgan fingerprint density at radius 2 is 2.21 bits per heavy atom. The zero-order valence-corrected chi connectivity index (χ0v) is 16.1. The van der Waals surface area contributed by atoms with Crippen LogP contribution in [0.15, 0.2) is 10.5 Å². The molecular formula is C14H18N4O8S2. The molecule has 0 bridgehead atoms. The number of hydrogen-bond donors (Lipinski definition) is 3. The molecule has 2 atom stereocenters. The number of carboxylic acid groups (broad SMARTS) is 1. The maximum atomic E-state index is 12.9. The second-order valence-electron chi connectivity index (χ2n) is 6.06. The minimum absolute atomic E-state index is 0.00686. The molecule has 0 aromatic carbocycles. The summed E-state index contributed by atoms with van der Waals surface area (Å²) in [7, 11) is -5.41. The smallest absolute Gasteiger partial charge is 0.362 e. The fourth-order valence-corrected chi connectivity index (χ4v) is 3.27. The third kappa shape index (κ3) is 4.28. The molecule has 0 aliphatic carbocycles. The second-order valence-corrected chi connectivity index (χ2v) is 8.21. The number of nitrogen functional groups attached to an aromatic ring is 1. The Bertz CT molecular complexity index is 1100. The summed E-state index contributed by atoms with van der Waals surface area (Å²) in [5.41, 5.74) is 2.82. The van der Waals surface area contributed by atoms with Gasteiger partial charge in [-0.2, -0.15) is 8.42 Å². The Labute approximate surface area is 169 Å². The van der Waals surface area contributed by atoms with Crippen molar-refractivity contribution >= 4 is 50.1 Å². The lowest BCUT2D eigenvalue weighted by Crippen LogP contribution is -2.62. The molecule has 1 saturated heterocycles. The van der Waals surface area contributed by atoms with Gasteiger partial charge in [0.25, 0.3) is 0 Å². The number of oxime groups is 1. The van der Waals surface area contributed by atoms with E-state index in [0.29, 0.717) is 0 Å². The first-order valence-corrected chi connectivity index (χ1v) is 9.67. The number of carbonyl (C=O) groups is 3. The fraction of sp³-hybridized carbons (Fsp3) is 0.500. The van der Waals surface area contributed by atoms with Gasteiger partial charge in [-0.1, -0.05) is 5.16 Å². The molecule has 1 aromatic rings. The average Bonchev–Trinajstić information content (AvgIpc) is 3.03. The van der Waals surface area contributed by atoms with E-state index in [1.807, 2.05) is 0 Å². The predicted molar refractivity (Wildman–Crippen MR) is 96.8 cm³/mol. The van der Waals surface area contributed by atoms with Crippen molar-refractivity contribution in [2.45, 2.75) is 38.7 Å². The summed E-state index contributed by atoms with van der Waals surface area (Å²) in [5.74, 6) is -6.03. The molecule has 154 valence electrons. The van der Waals surface area contributed by atoms with Crippen LogP contribution < -0.4 is 5.73 Å². The minimum atomic E-state index is -5.41. The molecule has 0 radical (unpaired) electrons. The number of rotatable bonds is 8. The van der Waals surface area contributed by atoms with Crippen molar-refractivity contribution in [2.75, 3.05) is 5.73 Å². The van der Waals surface area contributed by atoms with E-state index in [4.69, 9.17) is 21.2 Å². The largest absolute Gasteiger partial charge is 0.478 e. The molecule has 1 fully saturated rings. The highest BCUT2D eigenvalue weighted by atomic mass is 32.2. The van der Waals surface area contributed by atoms with Crippen LogP contribution in [0.4, 0.5) is 5.13 Å². The molecule has 1 amide bonds. The van der Waals surface area contributed by atoms with Gasteiger partial charge in [0.2, 0.25) is 11.5 Å². The van der Waals surface area contributed by atoms with Crippen LogP contribution in [0.5, 0.6) is 0 Å². The average molecular weight is 438 g/mol. The summed E-state index contributed by atoms with van der Waals surface area (Å²) >= 11 is 0.884. The van der Waals surface area contributed by atoms with Gasteiger partial charge < -0.3 is 15.7 Å². The molecule has 1 aromatic heterocycles. The van der Waals surface area contributed by atoms with Crippen LogP contribution in [0.25, 0.3) is 0 Å². The summed E-state index contributed by atoms with van der Waals surface area (Å²) in [4.78, 5) is 45.1. The van der Waals surface area contributed by atoms with Crippen molar-refractivity contribution in [1.82, 2.24) is 9.29 Å². The molecule has 28 heavy (non-hydrogen) atoms. The highest BCUT2D eigenvalue weighted by Gasteiger charge is 2.51. The van der Waals surface area contributed by atoms with Gasteiger partial charge >= 0.3 is 16.3 Å². The van der Waals surface area contributed by atoms with E-state index in [1.54, 1.807) is 0 Å². The van der Waals surface area contributed by atoms with E-state index in [2.05, 4.69) is 10.1 Å². The number of anilines is 1. The number of thiazole rings is 1. The molecule has 0 spiro atoms. The van der Waals surface area contributed by atoms with Crippen LogP contribution in [0.2, 0.25) is 0 Å². The summed E-state index contributed by atoms with van der Waals surface area (Å²) in [6.07, 6.45) is -1.03. The summed E-state index contributed by atoms with van der Waals surface area (Å²) in [6, 6.07) is -3.17. The lowest BCUT2D eigenvalue weighted by Gasteiger charge is -2.41. The van der Waals surface area contributed by atoms with E-state index in [9.17, 15) is 27.4 Å². The SMILES string of the molecule is [2H]C([2H])([2H])[C@@]1([2H])[C@H](CC(=O)/C(=N\OC(C)(C)C(=O)O)c2csc(N)n2)C(=O)N1S(=O)(=O)O. The summed E-state index contributed by atoms with van der Waals surface area (Å²) < 4.78 is 62.0. The fourth-order valence-electron chi connectivity index (χ4n) is 1.99. The highest BCUT2D eigenvalue weighted by molar-refractivity contribution is 7.84. The van der Waals surface area contributed by atoms with Gasteiger partial charge in [0.05, 0.1) is 13.3 Å². The van der Waals surface area contributed by atoms with Crippen LogP contribution in [-0.2, 0) is 29.5 Å². The van der Waals surface area contributed by atoms with Crippen LogP contribution in [0.1, 0.15) is 38.3 Å². The van der Waals surface area contributed by atoms with Gasteiger partial charge in [-0.15, -0.1) is 11.3 Å². The number of aromatic nitrogens is 1. The summed E-state index contributed by atoms with van der Waals surface area (Å²) in [6.45, 7) is -1.18. The van der Waals surface area contributed by atoms with Crippen molar-refractivity contribution in [3.05, 3.63) is 11.1 Å². The maximum Gasteiger partial charge on any atom is 0.362 e. The zero-order valence-electron chi connectivity index (χ0n) is 18.4. The number of nitrogens with two attached hydrogens (primary N) is 1. The van der Waals surface area contributed by atoms with Gasteiger partial charge in [0, 0.05) is 15.9 Å². The first-order chi connectivity index (χ1) is 14.3. The first-order valence-electron chi connectivity index (χ1n) is 9.40. The number of Topliss-reactive ketones (excluding diaryl/α,β-unsaturated/α-hetero) is 1. The number of nitrogens with zero attached hydrogens (tertiary/aromatic N) is 3. The highest BCUT2D eigenvalue weighted by Crippen LogP contribution is 2.32. The standard InChI is InChI=1S/C14H18N4O8S2/c1-6-7(11(20)18(6)28(23,24)25)4-9(19)10(8-5-27-13(15)16-8)17-26-14(2,3)12(21)22/h5-7H,4H2,1-3H3,(H2,15,16)(H,21,22)(H,23,24,25)/b17-10-/t6-,7-/m0/s1/i1D3,6D. The molecule has 1 aliphatic rings. The minimum Gasteiger partial charge on any atom is -0.478 e. The van der Waals surface area contributed by atoms with E-state index in [0.717, 1.165) is 25.2 Å². The molecule has 0 saturated carbocycles. The van der Waals surface area contributed by atoms with E-state index in [1.165, 1.54) is 5.38 Å². The molecule has 0 unspecified atom stereocenters. The van der Waals surface area contributed by atoms with Crippen molar-refractivity contribution in [3.8, 4) is 0 Å². The lowest BCUT2D eigenvalue weighted by molar-refractivity contribution is -0.161. The van der Waals surface area contributed by atoms with Crippen LogP contribution in [0, 0.1) is 5.92 Å². The maximum absolute atomic E-state index is 12.9. The normalized spacial score (nSPS) is 25.8. The monoisotopic (exact) mass is 438 g/mol. The van der Waals surface area contributed by atoms with Gasteiger partial charge in [-0.25, -0.2) is 14.1 Å². The molecule has 2 heterocycles. The number of β-lactam (4-membered cyclic amide) rings is 1. The van der Waals surface area contributed by atoms with Crippen molar-refractivity contribution in [1.29, 1.82) is 0 Å². The number of hydrogen-bond acceptors (Lipinski definition) is 10. The Balaban J connectivity index is 2.45.